The average Bonchev–Trinajstić information content (AvgIpc) is 2.76. The quantitative estimate of drug-likeness (QED) is 0.829. The van der Waals surface area contributed by atoms with E-state index >= 15 is 0 Å². The molecule has 5 heteroatoms. The second-order valence-corrected chi connectivity index (χ2v) is 4.99. The van der Waals surface area contributed by atoms with Gasteiger partial charge in [0.25, 0.3) is 0 Å². The number of hydrogen-bond donors (Lipinski definition) is 1. The molecule has 0 unspecified atom stereocenters. The third kappa shape index (κ3) is 4.34. The average molecular weight is 288 g/mol. The molecule has 2 rings (SSSR count). The lowest BCUT2D eigenvalue weighted by Crippen LogP contribution is -2.29. The van der Waals surface area contributed by atoms with Crippen molar-refractivity contribution in [3.05, 3.63) is 46.8 Å². The first-order valence-electron chi connectivity index (χ1n) is 6.94. The van der Waals surface area contributed by atoms with Gasteiger partial charge in [0.15, 0.2) is 0 Å². The molecule has 21 heavy (non-hydrogen) atoms. The van der Waals surface area contributed by atoms with Crippen molar-refractivity contribution in [1.82, 2.24) is 10.5 Å². The van der Waals surface area contributed by atoms with E-state index in [9.17, 15) is 4.79 Å². The predicted molar refractivity (Wildman–Crippen MR) is 79.4 cm³/mol. The van der Waals surface area contributed by atoms with Crippen LogP contribution in [0.5, 0.6) is 5.75 Å². The maximum absolute atomic E-state index is 11.8. The van der Waals surface area contributed by atoms with Gasteiger partial charge in [-0.1, -0.05) is 17.3 Å². The summed E-state index contributed by atoms with van der Waals surface area (Å²) in [6.45, 7) is 6.56. The highest BCUT2D eigenvalue weighted by molar-refractivity contribution is 5.78. The summed E-state index contributed by atoms with van der Waals surface area (Å²) >= 11 is 0. The van der Waals surface area contributed by atoms with Gasteiger partial charge in [-0.25, -0.2) is 0 Å². The van der Waals surface area contributed by atoms with Crippen LogP contribution in [-0.2, 0) is 11.2 Å². The summed E-state index contributed by atoms with van der Waals surface area (Å²) in [6, 6.07) is 7.82. The van der Waals surface area contributed by atoms with Crippen molar-refractivity contribution in [3.8, 4) is 5.75 Å². The Morgan fingerprint density at radius 1 is 1.33 bits per heavy atom. The third-order valence-electron chi connectivity index (χ3n) is 3.20. The zero-order valence-electron chi connectivity index (χ0n) is 12.6. The highest BCUT2D eigenvalue weighted by Gasteiger charge is 2.12. The maximum Gasteiger partial charge on any atom is 0.224 e. The van der Waals surface area contributed by atoms with Crippen molar-refractivity contribution < 1.29 is 14.1 Å². The molecular formula is C16H20N2O3. The van der Waals surface area contributed by atoms with Gasteiger partial charge in [-0.05, 0) is 38.5 Å². The van der Waals surface area contributed by atoms with Crippen molar-refractivity contribution in [2.24, 2.45) is 0 Å². The molecule has 1 aromatic heterocycles. The molecule has 2 aromatic rings. The first-order valence-corrected chi connectivity index (χ1v) is 6.94. The Bertz CT molecular complexity index is 600. The van der Waals surface area contributed by atoms with Gasteiger partial charge in [-0.15, -0.1) is 0 Å². The predicted octanol–water partition coefficient (Wildman–Crippen LogP) is 2.34. The van der Waals surface area contributed by atoms with Gasteiger partial charge >= 0.3 is 0 Å². The van der Waals surface area contributed by atoms with Gasteiger partial charge in [-0.2, -0.15) is 0 Å². The number of rotatable bonds is 6. The first-order chi connectivity index (χ1) is 10.1. The smallest absolute Gasteiger partial charge is 0.224 e. The fraction of sp³-hybridized carbons (Fsp3) is 0.375. The number of nitrogens with zero attached hydrogens (tertiary/aromatic N) is 1. The van der Waals surface area contributed by atoms with Crippen molar-refractivity contribution in [3.63, 3.8) is 0 Å². The molecule has 1 amide bonds. The Balaban J connectivity index is 1.72. The Labute approximate surface area is 124 Å². The number of nitrogens with one attached hydrogen (secondary N) is 1. The Hall–Kier alpha value is -2.30. The topological polar surface area (TPSA) is 64.4 Å². The Morgan fingerprint density at radius 3 is 2.81 bits per heavy atom. The van der Waals surface area contributed by atoms with E-state index in [0.29, 0.717) is 18.9 Å². The number of aryl methyl sites for hydroxylation is 3. The third-order valence-corrected chi connectivity index (χ3v) is 3.20. The number of carbonyl (C=O) groups is 1. The highest BCUT2D eigenvalue weighted by atomic mass is 16.5. The summed E-state index contributed by atoms with van der Waals surface area (Å²) in [5, 5.41) is 6.66. The molecule has 5 nitrogen and oxygen atoms in total. The molecule has 0 saturated carbocycles. The molecule has 0 aliphatic rings. The fourth-order valence-corrected chi connectivity index (χ4v) is 2.04. The van der Waals surface area contributed by atoms with Gasteiger partial charge in [0.1, 0.15) is 18.1 Å². The summed E-state index contributed by atoms with van der Waals surface area (Å²) < 4.78 is 10.6. The molecular weight excluding hydrogens is 268 g/mol. The lowest BCUT2D eigenvalue weighted by Gasteiger charge is -2.08. The molecule has 0 bridgehead atoms. The van der Waals surface area contributed by atoms with Crippen LogP contribution < -0.4 is 10.1 Å². The highest BCUT2D eigenvalue weighted by Crippen LogP contribution is 2.13. The van der Waals surface area contributed by atoms with Crippen LogP contribution in [0.3, 0.4) is 0 Å². The molecule has 0 radical (unpaired) electrons. The molecule has 1 N–H and O–H groups in total. The molecule has 112 valence electrons. The lowest BCUT2D eigenvalue weighted by atomic mass is 10.1. The maximum atomic E-state index is 11.8. The molecule has 0 saturated heterocycles. The van der Waals surface area contributed by atoms with Crippen molar-refractivity contribution >= 4 is 5.91 Å². The standard InChI is InChI=1S/C16H20N2O3/c1-11-5-4-6-14(9-11)20-8-7-17-16(19)10-15-12(2)18-21-13(15)3/h4-6,9H,7-8,10H2,1-3H3,(H,17,19). The van der Waals surface area contributed by atoms with Crippen LogP contribution in [0.15, 0.2) is 28.8 Å². The summed E-state index contributed by atoms with van der Waals surface area (Å²) in [7, 11) is 0. The number of amides is 1. The number of aromatic nitrogens is 1. The molecule has 0 atom stereocenters. The van der Waals surface area contributed by atoms with Gasteiger partial charge in [0, 0.05) is 5.56 Å². The summed E-state index contributed by atoms with van der Waals surface area (Å²) in [4.78, 5) is 11.8. The van der Waals surface area contributed by atoms with Gasteiger partial charge in [0.2, 0.25) is 5.91 Å². The number of ether oxygens (including phenoxy) is 1. The van der Waals surface area contributed by atoms with Crippen LogP contribution in [-0.4, -0.2) is 24.2 Å². The van der Waals surface area contributed by atoms with E-state index < -0.39 is 0 Å². The van der Waals surface area contributed by atoms with E-state index in [1.54, 1.807) is 0 Å². The minimum absolute atomic E-state index is 0.0581. The zero-order valence-corrected chi connectivity index (χ0v) is 12.6. The van der Waals surface area contributed by atoms with Crippen molar-refractivity contribution in [2.75, 3.05) is 13.2 Å². The first kappa shape index (κ1) is 15.1. The molecule has 1 aromatic carbocycles. The van der Waals surface area contributed by atoms with Crippen molar-refractivity contribution in [1.29, 1.82) is 0 Å². The minimum atomic E-state index is -0.0581. The van der Waals surface area contributed by atoms with Crippen LogP contribution >= 0.6 is 0 Å². The van der Waals surface area contributed by atoms with E-state index in [1.807, 2.05) is 45.0 Å². The Kier molecular flexibility index (Phi) is 4.98. The Morgan fingerprint density at radius 2 is 2.14 bits per heavy atom. The number of hydrogen-bond acceptors (Lipinski definition) is 4. The van der Waals surface area contributed by atoms with E-state index in [-0.39, 0.29) is 12.3 Å². The molecule has 0 fully saturated rings. The summed E-state index contributed by atoms with van der Waals surface area (Å²) in [5.74, 6) is 1.45. The minimum Gasteiger partial charge on any atom is -0.492 e. The normalized spacial score (nSPS) is 10.4. The molecule has 0 aliphatic carbocycles. The lowest BCUT2D eigenvalue weighted by molar-refractivity contribution is -0.120. The van der Waals surface area contributed by atoms with Crippen LogP contribution in [0.4, 0.5) is 0 Å². The second kappa shape index (κ2) is 6.92. The van der Waals surface area contributed by atoms with E-state index in [0.717, 1.165) is 22.6 Å². The van der Waals surface area contributed by atoms with Crippen LogP contribution in [0, 0.1) is 20.8 Å². The van der Waals surface area contributed by atoms with Crippen LogP contribution in [0.2, 0.25) is 0 Å². The zero-order chi connectivity index (χ0) is 15.2. The summed E-state index contributed by atoms with van der Waals surface area (Å²) in [6.07, 6.45) is 0.283. The number of benzene rings is 1. The van der Waals surface area contributed by atoms with Crippen molar-refractivity contribution in [2.45, 2.75) is 27.2 Å². The van der Waals surface area contributed by atoms with Gasteiger partial charge < -0.3 is 14.6 Å². The van der Waals surface area contributed by atoms with E-state index in [4.69, 9.17) is 9.26 Å². The largest absolute Gasteiger partial charge is 0.492 e. The fourth-order valence-electron chi connectivity index (χ4n) is 2.04. The number of carbonyl (C=O) groups excluding carboxylic acids is 1. The molecule has 0 aliphatic heterocycles. The molecule has 0 spiro atoms. The monoisotopic (exact) mass is 288 g/mol. The van der Waals surface area contributed by atoms with Crippen LogP contribution in [0.25, 0.3) is 0 Å². The van der Waals surface area contributed by atoms with Gasteiger partial charge in [0.05, 0.1) is 18.7 Å². The molecule has 1 heterocycles. The summed E-state index contributed by atoms with van der Waals surface area (Å²) in [5.41, 5.74) is 2.76. The van der Waals surface area contributed by atoms with E-state index in [2.05, 4.69) is 10.5 Å². The SMILES string of the molecule is Cc1cccc(OCCNC(=O)Cc2c(C)noc2C)c1. The second-order valence-electron chi connectivity index (χ2n) is 4.99. The van der Waals surface area contributed by atoms with E-state index in [1.165, 1.54) is 0 Å². The van der Waals surface area contributed by atoms with Crippen LogP contribution in [0.1, 0.15) is 22.6 Å². The van der Waals surface area contributed by atoms with Gasteiger partial charge in [-0.3, -0.25) is 4.79 Å².